The zero-order chi connectivity index (χ0) is 17.2. The Morgan fingerprint density at radius 3 is 2.75 bits per heavy atom. The van der Waals surface area contributed by atoms with Crippen LogP contribution in [0.4, 0.5) is 0 Å². The molecule has 2 heterocycles. The van der Waals surface area contributed by atoms with Gasteiger partial charge in [0.15, 0.2) is 0 Å². The molecule has 8 heteroatoms. The highest BCUT2D eigenvalue weighted by Gasteiger charge is 2.22. The lowest BCUT2D eigenvalue weighted by Gasteiger charge is -2.27. The molecule has 0 atom stereocenters. The van der Waals surface area contributed by atoms with Crippen LogP contribution in [0.2, 0.25) is 0 Å². The van der Waals surface area contributed by atoms with Crippen LogP contribution in [-0.4, -0.2) is 32.3 Å². The largest absolute Gasteiger partial charge is 0.338 e. The molecule has 0 saturated carbocycles. The summed E-state index contributed by atoms with van der Waals surface area (Å²) in [4.78, 5) is 15.6. The first-order valence-electron chi connectivity index (χ1n) is 7.54. The minimum Gasteiger partial charge on any atom is -0.338 e. The third kappa shape index (κ3) is 4.05. The Bertz CT molecular complexity index is 831. The predicted octanol–water partition coefficient (Wildman–Crippen LogP) is 2.76. The lowest BCUT2D eigenvalue weighted by molar-refractivity contribution is -0.131. The maximum absolute atomic E-state index is 12.3. The fourth-order valence-electron chi connectivity index (χ4n) is 2.61. The molecule has 0 unspecified atom stereocenters. The van der Waals surface area contributed by atoms with Gasteiger partial charge in [0.05, 0.1) is 4.90 Å². The summed E-state index contributed by atoms with van der Waals surface area (Å²) in [5.74, 6) is -0.0228. The Morgan fingerprint density at radius 2 is 2.00 bits per heavy atom. The molecule has 1 N–H and O–H groups in total. The fourth-order valence-corrected chi connectivity index (χ4v) is 4.79. The molecule has 24 heavy (non-hydrogen) atoms. The van der Waals surface area contributed by atoms with Crippen LogP contribution in [0.1, 0.15) is 16.9 Å². The third-order valence-corrected chi connectivity index (χ3v) is 6.94. The van der Waals surface area contributed by atoms with E-state index in [0.717, 1.165) is 10.9 Å². The van der Waals surface area contributed by atoms with Gasteiger partial charge in [0.25, 0.3) is 0 Å². The number of thiophene rings is 1. The van der Waals surface area contributed by atoms with Gasteiger partial charge < -0.3 is 4.90 Å². The van der Waals surface area contributed by atoms with Crippen LogP contribution in [0.15, 0.2) is 45.1 Å². The first-order chi connectivity index (χ1) is 11.5. The van der Waals surface area contributed by atoms with Gasteiger partial charge >= 0.3 is 0 Å². The number of halogens is 1. The predicted molar refractivity (Wildman–Crippen MR) is 97.4 cm³/mol. The van der Waals surface area contributed by atoms with E-state index in [1.165, 1.54) is 22.6 Å². The number of amides is 1. The zero-order valence-corrected chi connectivity index (χ0v) is 16.1. The van der Waals surface area contributed by atoms with Crippen molar-refractivity contribution in [3.05, 3.63) is 50.6 Å². The van der Waals surface area contributed by atoms with Gasteiger partial charge in [-0.05, 0) is 47.7 Å². The van der Waals surface area contributed by atoms with E-state index >= 15 is 0 Å². The van der Waals surface area contributed by atoms with Crippen molar-refractivity contribution >= 4 is 43.2 Å². The van der Waals surface area contributed by atoms with Crippen LogP contribution in [0, 0.1) is 0 Å². The van der Waals surface area contributed by atoms with Gasteiger partial charge in [-0.1, -0.05) is 15.9 Å². The van der Waals surface area contributed by atoms with Crippen molar-refractivity contribution in [2.24, 2.45) is 0 Å². The van der Waals surface area contributed by atoms with Crippen LogP contribution >= 0.6 is 27.3 Å². The number of benzene rings is 1. The maximum atomic E-state index is 12.3. The van der Waals surface area contributed by atoms with Crippen LogP contribution in [0.25, 0.3) is 0 Å². The standard InChI is InChI=1S/C16H17BrN2O3S2/c17-13-1-3-14(4-2-13)24(21,22)18-8-5-16(20)19-9-6-15-12(11-19)7-10-23-15/h1-4,7,10,18H,5-6,8-9,11H2. The highest BCUT2D eigenvalue weighted by atomic mass is 79.9. The van der Waals surface area contributed by atoms with Crippen LogP contribution in [0.3, 0.4) is 0 Å². The highest BCUT2D eigenvalue weighted by molar-refractivity contribution is 9.10. The van der Waals surface area contributed by atoms with E-state index in [9.17, 15) is 13.2 Å². The molecule has 1 aromatic heterocycles. The van der Waals surface area contributed by atoms with Crippen molar-refractivity contribution in [2.75, 3.05) is 13.1 Å². The summed E-state index contributed by atoms with van der Waals surface area (Å²) >= 11 is 5.00. The van der Waals surface area contributed by atoms with E-state index in [1.54, 1.807) is 28.4 Å². The van der Waals surface area contributed by atoms with Gasteiger partial charge in [-0.3, -0.25) is 4.79 Å². The second-order valence-electron chi connectivity index (χ2n) is 5.54. The highest BCUT2D eigenvalue weighted by Crippen LogP contribution is 2.24. The van der Waals surface area contributed by atoms with E-state index in [0.29, 0.717) is 13.1 Å². The molecular formula is C16H17BrN2O3S2. The molecule has 0 aliphatic carbocycles. The second kappa shape index (κ2) is 7.35. The lowest BCUT2D eigenvalue weighted by Crippen LogP contribution is -2.37. The quantitative estimate of drug-likeness (QED) is 0.795. The molecule has 1 aliphatic heterocycles. The monoisotopic (exact) mass is 428 g/mol. The number of carbonyl (C=O) groups excluding carboxylic acids is 1. The van der Waals surface area contributed by atoms with E-state index < -0.39 is 10.0 Å². The molecule has 1 aromatic carbocycles. The lowest BCUT2D eigenvalue weighted by atomic mass is 10.1. The first-order valence-corrected chi connectivity index (χ1v) is 10.7. The molecule has 128 valence electrons. The topological polar surface area (TPSA) is 66.5 Å². The van der Waals surface area contributed by atoms with Crippen molar-refractivity contribution in [1.29, 1.82) is 0 Å². The summed E-state index contributed by atoms with van der Waals surface area (Å²) in [7, 11) is -3.58. The Hall–Kier alpha value is -1.22. The molecule has 1 amide bonds. The second-order valence-corrected chi connectivity index (χ2v) is 9.22. The fraction of sp³-hybridized carbons (Fsp3) is 0.312. The Balaban J connectivity index is 1.53. The van der Waals surface area contributed by atoms with Crippen molar-refractivity contribution in [3.63, 3.8) is 0 Å². The van der Waals surface area contributed by atoms with Gasteiger partial charge in [0.2, 0.25) is 15.9 Å². The van der Waals surface area contributed by atoms with Crippen molar-refractivity contribution in [3.8, 4) is 0 Å². The average Bonchev–Trinajstić information content (AvgIpc) is 3.02. The van der Waals surface area contributed by atoms with Gasteiger partial charge in [0, 0.05) is 35.4 Å². The van der Waals surface area contributed by atoms with Crippen LogP contribution in [0.5, 0.6) is 0 Å². The third-order valence-electron chi connectivity index (χ3n) is 3.92. The van der Waals surface area contributed by atoms with Crippen molar-refractivity contribution in [2.45, 2.75) is 24.3 Å². The smallest absolute Gasteiger partial charge is 0.240 e. The Labute approximate surface area is 153 Å². The van der Waals surface area contributed by atoms with Gasteiger partial charge in [-0.2, -0.15) is 0 Å². The maximum Gasteiger partial charge on any atom is 0.240 e. The molecule has 0 bridgehead atoms. The summed E-state index contributed by atoms with van der Waals surface area (Å²) in [6, 6.07) is 8.45. The molecule has 0 saturated heterocycles. The molecule has 0 spiro atoms. The normalized spacial score (nSPS) is 14.5. The van der Waals surface area contributed by atoms with E-state index in [2.05, 4.69) is 26.7 Å². The molecule has 0 radical (unpaired) electrons. The number of rotatable bonds is 5. The molecule has 3 rings (SSSR count). The first kappa shape index (κ1) is 17.6. The Morgan fingerprint density at radius 1 is 1.25 bits per heavy atom. The minimum atomic E-state index is -3.58. The Kier molecular flexibility index (Phi) is 5.39. The van der Waals surface area contributed by atoms with Crippen molar-refractivity contribution < 1.29 is 13.2 Å². The van der Waals surface area contributed by atoms with Crippen LogP contribution < -0.4 is 4.72 Å². The SMILES string of the molecule is O=C(CCNS(=O)(=O)c1ccc(Br)cc1)N1CCc2sccc2C1. The van der Waals surface area contributed by atoms with Gasteiger partial charge in [-0.15, -0.1) is 11.3 Å². The van der Waals surface area contributed by atoms with Gasteiger partial charge in [-0.25, -0.2) is 13.1 Å². The number of carbonyl (C=O) groups is 1. The minimum absolute atomic E-state index is 0.0228. The zero-order valence-electron chi connectivity index (χ0n) is 12.9. The summed E-state index contributed by atoms with van der Waals surface area (Å²) in [5, 5.41) is 2.05. The number of nitrogens with zero attached hydrogens (tertiary/aromatic N) is 1. The van der Waals surface area contributed by atoms with E-state index in [4.69, 9.17) is 0 Å². The summed E-state index contributed by atoms with van der Waals surface area (Å²) in [5.41, 5.74) is 1.20. The van der Waals surface area contributed by atoms with Crippen molar-refractivity contribution in [1.82, 2.24) is 9.62 Å². The summed E-state index contributed by atoms with van der Waals surface area (Å²) < 4.78 is 27.7. The average molecular weight is 429 g/mol. The molecule has 2 aromatic rings. The number of nitrogens with one attached hydrogen (secondary N) is 1. The van der Waals surface area contributed by atoms with Gasteiger partial charge in [0.1, 0.15) is 0 Å². The number of hydrogen-bond donors (Lipinski definition) is 1. The molecular weight excluding hydrogens is 412 g/mol. The number of fused-ring (bicyclic) bond motifs is 1. The van der Waals surface area contributed by atoms with Crippen LogP contribution in [-0.2, 0) is 27.8 Å². The number of sulfonamides is 1. The molecule has 5 nitrogen and oxygen atoms in total. The van der Waals surface area contributed by atoms with E-state index in [-0.39, 0.29) is 23.8 Å². The number of hydrogen-bond acceptors (Lipinski definition) is 4. The molecule has 0 fully saturated rings. The summed E-state index contributed by atoms with van der Waals surface area (Å²) in [6.45, 7) is 1.42. The van der Waals surface area contributed by atoms with E-state index in [1.807, 2.05) is 5.38 Å². The molecule has 1 aliphatic rings. The summed E-state index contributed by atoms with van der Waals surface area (Å²) in [6.07, 6.45) is 1.04.